The zero-order valence-electron chi connectivity index (χ0n) is 16.0. The second kappa shape index (κ2) is 6.11. The molecular weight excluding hydrogens is 383 g/mol. The number of hydrogen-bond acceptors (Lipinski definition) is 3. The molecule has 2 aromatic rings. The average molecular weight is 402 g/mol. The Balaban J connectivity index is 1.23. The largest absolute Gasteiger partial charge is 0.322 e. The van der Waals surface area contributed by atoms with Gasteiger partial charge >= 0.3 is 0 Å². The van der Waals surface area contributed by atoms with Crippen molar-refractivity contribution < 1.29 is 18.8 Å². The minimum Gasteiger partial charge on any atom is -0.322 e. The van der Waals surface area contributed by atoms with Crippen LogP contribution in [0.15, 0.2) is 60.7 Å². The second-order valence-electron chi connectivity index (χ2n) is 8.67. The molecule has 1 N–H and O–H groups in total. The van der Waals surface area contributed by atoms with Crippen LogP contribution in [0.25, 0.3) is 0 Å². The standard InChI is InChI=1S/C24H19FN2O3/c25-13-3-5-14(6-4-13)26-22(28)12-1-7-15(8-2-12)27-23(29)20-16-9-10-17(19-11-18(16)19)21(20)24(27)30/h1-10,16-21H,11H2,(H,26,28)/t16-,17-,18-,19-,20-,21+/m0/s1. The lowest BCUT2D eigenvalue weighted by Crippen LogP contribution is -2.40. The summed E-state index contributed by atoms with van der Waals surface area (Å²) in [5.74, 6) is 0.0826. The molecule has 6 atom stereocenters. The molecule has 0 unspecified atom stereocenters. The lowest BCUT2D eigenvalue weighted by molar-refractivity contribution is -0.124. The number of halogens is 1. The van der Waals surface area contributed by atoms with Crippen molar-refractivity contribution in [1.82, 2.24) is 0 Å². The average Bonchev–Trinajstić information content (AvgIpc) is 3.53. The van der Waals surface area contributed by atoms with Crippen molar-refractivity contribution in [3.63, 3.8) is 0 Å². The van der Waals surface area contributed by atoms with Gasteiger partial charge in [-0.25, -0.2) is 4.39 Å². The predicted octanol–water partition coefficient (Wildman–Crippen LogP) is 3.64. The number of imide groups is 1. The van der Waals surface area contributed by atoms with Gasteiger partial charge in [0.1, 0.15) is 5.82 Å². The monoisotopic (exact) mass is 402 g/mol. The molecule has 4 aliphatic carbocycles. The van der Waals surface area contributed by atoms with E-state index in [0.717, 1.165) is 6.42 Å². The van der Waals surface area contributed by atoms with E-state index in [-0.39, 0.29) is 47.2 Å². The van der Waals surface area contributed by atoms with Crippen molar-refractivity contribution in [2.45, 2.75) is 6.42 Å². The van der Waals surface area contributed by atoms with E-state index in [1.54, 1.807) is 24.3 Å². The maximum atomic E-state index is 13.2. The van der Waals surface area contributed by atoms with Crippen LogP contribution >= 0.6 is 0 Å². The van der Waals surface area contributed by atoms with Crippen LogP contribution in [0.2, 0.25) is 0 Å². The first-order chi connectivity index (χ1) is 14.5. The zero-order chi connectivity index (χ0) is 20.6. The minimum atomic E-state index is -0.376. The Labute approximate surface area is 172 Å². The number of carbonyl (C=O) groups excluding carboxylic acids is 3. The third kappa shape index (κ3) is 2.43. The van der Waals surface area contributed by atoms with Crippen molar-refractivity contribution >= 4 is 29.1 Å². The fourth-order valence-electron chi connectivity index (χ4n) is 5.71. The second-order valence-corrected chi connectivity index (χ2v) is 8.67. The Morgan fingerprint density at radius 3 is 2.00 bits per heavy atom. The number of allylic oxidation sites excluding steroid dienone is 2. The van der Waals surface area contributed by atoms with Gasteiger partial charge in [-0.3, -0.25) is 19.3 Å². The molecule has 150 valence electrons. The van der Waals surface area contributed by atoms with Crippen LogP contribution in [-0.4, -0.2) is 17.7 Å². The highest BCUT2D eigenvalue weighted by Gasteiger charge is 2.67. The minimum absolute atomic E-state index is 0.113. The molecule has 0 aromatic heterocycles. The van der Waals surface area contributed by atoms with E-state index < -0.39 is 0 Å². The van der Waals surface area contributed by atoms with E-state index in [1.807, 2.05) is 0 Å². The van der Waals surface area contributed by atoms with Gasteiger partial charge in [0.05, 0.1) is 17.5 Å². The number of anilines is 2. The summed E-state index contributed by atoms with van der Waals surface area (Å²) in [4.78, 5) is 40.1. The van der Waals surface area contributed by atoms with Crippen LogP contribution < -0.4 is 10.2 Å². The van der Waals surface area contributed by atoms with Gasteiger partial charge in [0, 0.05) is 11.3 Å². The normalized spacial score (nSPS) is 32.8. The molecular formula is C24H19FN2O3. The van der Waals surface area contributed by atoms with Crippen LogP contribution in [-0.2, 0) is 9.59 Å². The molecule has 2 saturated carbocycles. The van der Waals surface area contributed by atoms with Crippen LogP contribution in [0.3, 0.4) is 0 Å². The first-order valence-electron chi connectivity index (χ1n) is 10.3. The van der Waals surface area contributed by atoms with Crippen LogP contribution in [0.5, 0.6) is 0 Å². The molecule has 3 fully saturated rings. The maximum absolute atomic E-state index is 13.2. The molecule has 0 radical (unpaired) electrons. The molecule has 0 spiro atoms. The van der Waals surface area contributed by atoms with Gasteiger partial charge in [0.25, 0.3) is 5.91 Å². The quantitative estimate of drug-likeness (QED) is 0.630. The third-order valence-electron chi connectivity index (χ3n) is 7.15. The van der Waals surface area contributed by atoms with Gasteiger partial charge in [-0.2, -0.15) is 0 Å². The number of nitrogens with one attached hydrogen (secondary N) is 1. The molecule has 6 heteroatoms. The molecule has 7 rings (SSSR count). The number of carbonyl (C=O) groups is 3. The summed E-state index contributed by atoms with van der Waals surface area (Å²) in [6, 6.07) is 12.0. The third-order valence-corrected chi connectivity index (χ3v) is 7.15. The fraction of sp³-hybridized carbons (Fsp3) is 0.292. The first kappa shape index (κ1) is 17.6. The maximum Gasteiger partial charge on any atom is 0.255 e. The van der Waals surface area contributed by atoms with E-state index in [2.05, 4.69) is 17.5 Å². The predicted molar refractivity (Wildman–Crippen MR) is 108 cm³/mol. The van der Waals surface area contributed by atoms with Crippen LogP contribution in [0.4, 0.5) is 15.8 Å². The number of rotatable bonds is 3. The summed E-state index contributed by atoms with van der Waals surface area (Å²) in [6.45, 7) is 0. The van der Waals surface area contributed by atoms with Gasteiger partial charge in [0.15, 0.2) is 0 Å². The number of benzene rings is 2. The van der Waals surface area contributed by atoms with Crippen molar-refractivity contribution in [3.05, 3.63) is 72.1 Å². The van der Waals surface area contributed by atoms with Gasteiger partial charge in [-0.1, -0.05) is 12.2 Å². The van der Waals surface area contributed by atoms with E-state index in [0.29, 0.717) is 28.8 Å². The number of amides is 3. The van der Waals surface area contributed by atoms with E-state index in [4.69, 9.17) is 0 Å². The van der Waals surface area contributed by atoms with E-state index >= 15 is 0 Å². The van der Waals surface area contributed by atoms with E-state index in [9.17, 15) is 18.8 Å². The number of nitrogens with zero attached hydrogens (tertiary/aromatic N) is 1. The molecule has 2 aromatic carbocycles. The Morgan fingerprint density at radius 1 is 0.867 bits per heavy atom. The topological polar surface area (TPSA) is 66.5 Å². The molecule has 30 heavy (non-hydrogen) atoms. The molecule has 2 bridgehead atoms. The highest BCUT2D eigenvalue weighted by molar-refractivity contribution is 6.22. The summed E-state index contributed by atoms with van der Waals surface area (Å²) >= 11 is 0. The Bertz CT molecular complexity index is 1070. The molecule has 5 nitrogen and oxygen atoms in total. The lowest BCUT2D eigenvalue weighted by atomic mass is 9.63. The summed E-state index contributed by atoms with van der Waals surface area (Å²) in [5, 5.41) is 2.70. The summed E-state index contributed by atoms with van der Waals surface area (Å²) in [5.41, 5.74) is 1.38. The Hall–Kier alpha value is -3.28. The highest BCUT2D eigenvalue weighted by Crippen LogP contribution is 2.65. The van der Waals surface area contributed by atoms with Gasteiger partial charge in [-0.15, -0.1) is 0 Å². The summed E-state index contributed by atoms with van der Waals surface area (Å²) in [6.07, 6.45) is 5.43. The molecule has 3 amide bonds. The first-order valence-corrected chi connectivity index (χ1v) is 10.3. The smallest absolute Gasteiger partial charge is 0.255 e. The van der Waals surface area contributed by atoms with Gasteiger partial charge in [-0.05, 0) is 78.6 Å². The van der Waals surface area contributed by atoms with Gasteiger partial charge in [0.2, 0.25) is 11.8 Å². The fourth-order valence-corrected chi connectivity index (χ4v) is 5.71. The van der Waals surface area contributed by atoms with Crippen molar-refractivity contribution in [3.8, 4) is 0 Å². The van der Waals surface area contributed by atoms with Crippen LogP contribution in [0, 0.1) is 41.3 Å². The number of hydrogen-bond donors (Lipinski definition) is 1. The van der Waals surface area contributed by atoms with Gasteiger partial charge < -0.3 is 5.32 Å². The highest BCUT2D eigenvalue weighted by atomic mass is 19.1. The van der Waals surface area contributed by atoms with Crippen molar-refractivity contribution in [2.24, 2.45) is 35.5 Å². The van der Waals surface area contributed by atoms with Crippen molar-refractivity contribution in [2.75, 3.05) is 10.2 Å². The molecule has 1 saturated heterocycles. The van der Waals surface area contributed by atoms with E-state index in [1.165, 1.54) is 29.2 Å². The molecule has 1 aliphatic heterocycles. The van der Waals surface area contributed by atoms with Crippen LogP contribution in [0.1, 0.15) is 16.8 Å². The lowest BCUT2D eigenvalue weighted by Gasteiger charge is -2.37. The SMILES string of the molecule is O=C(Nc1ccc(F)cc1)c1ccc(N2C(=O)[C@@H]3[C@H]4C=C[C@@H]([C@@H]5C[C@@H]45)[C@@H]3C2=O)cc1. The zero-order valence-corrected chi connectivity index (χ0v) is 16.0. The molecule has 5 aliphatic rings. The molecule has 1 heterocycles. The summed E-state index contributed by atoms with van der Waals surface area (Å²) < 4.78 is 13.0. The Morgan fingerprint density at radius 2 is 1.43 bits per heavy atom. The van der Waals surface area contributed by atoms with Crippen molar-refractivity contribution in [1.29, 1.82) is 0 Å². The Kier molecular flexibility index (Phi) is 3.58. The summed E-state index contributed by atoms with van der Waals surface area (Å²) in [7, 11) is 0.